The smallest absolute Gasteiger partial charge is 0.321 e. The van der Waals surface area contributed by atoms with Gasteiger partial charge in [0, 0.05) is 13.1 Å². The Morgan fingerprint density at radius 3 is 1.75 bits per heavy atom. The summed E-state index contributed by atoms with van der Waals surface area (Å²) in [5.41, 5.74) is 0. The Balaban J connectivity index is 0. The van der Waals surface area contributed by atoms with Crippen molar-refractivity contribution in [1.82, 2.24) is 10.6 Å². The van der Waals surface area contributed by atoms with Crippen LogP contribution in [0.2, 0.25) is 0 Å². The van der Waals surface area contributed by atoms with Crippen LogP contribution in [0.3, 0.4) is 0 Å². The fourth-order valence-corrected chi connectivity index (χ4v) is 1.14. The number of rotatable bonds is 10. The lowest BCUT2D eigenvalue weighted by atomic mass is 10.2. The SMILES string of the molecule is C=O.O=C(O)CC(O)NCCNC(CC(=O)O)C(=O)O. The normalized spacial score (nSPS) is 12.7. The molecule has 2 unspecified atom stereocenters. The maximum absolute atomic E-state index is 10.6. The highest BCUT2D eigenvalue weighted by molar-refractivity contribution is 5.80. The van der Waals surface area contributed by atoms with Crippen molar-refractivity contribution in [1.29, 1.82) is 0 Å². The number of carbonyl (C=O) groups is 4. The van der Waals surface area contributed by atoms with E-state index < -0.39 is 43.0 Å². The third kappa shape index (κ3) is 12.4. The Labute approximate surface area is 114 Å². The maximum atomic E-state index is 10.6. The van der Waals surface area contributed by atoms with Gasteiger partial charge in [-0.2, -0.15) is 0 Å². The van der Waals surface area contributed by atoms with Crippen molar-refractivity contribution >= 4 is 24.7 Å². The minimum Gasteiger partial charge on any atom is -0.481 e. The molecule has 0 heterocycles. The highest BCUT2D eigenvalue weighted by Gasteiger charge is 2.19. The summed E-state index contributed by atoms with van der Waals surface area (Å²) in [6, 6.07) is -1.22. The molecule has 6 N–H and O–H groups in total. The van der Waals surface area contributed by atoms with Gasteiger partial charge in [-0.05, 0) is 0 Å². The van der Waals surface area contributed by atoms with Crippen LogP contribution < -0.4 is 10.6 Å². The van der Waals surface area contributed by atoms with E-state index in [1.54, 1.807) is 0 Å². The summed E-state index contributed by atoms with van der Waals surface area (Å²) < 4.78 is 0. The van der Waals surface area contributed by atoms with Gasteiger partial charge in [-0.1, -0.05) is 0 Å². The number of hydrogen-bond donors (Lipinski definition) is 6. The first kappa shape index (κ1) is 20.3. The van der Waals surface area contributed by atoms with Gasteiger partial charge < -0.3 is 30.5 Å². The van der Waals surface area contributed by atoms with Crippen LogP contribution in [0.4, 0.5) is 0 Å². The van der Waals surface area contributed by atoms with Crippen molar-refractivity contribution in [2.75, 3.05) is 13.1 Å². The van der Waals surface area contributed by atoms with E-state index in [9.17, 15) is 14.4 Å². The average Bonchev–Trinajstić information content (AvgIpc) is 2.34. The predicted octanol–water partition coefficient (Wildman–Crippen LogP) is -2.30. The Morgan fingerprint density at radius 2 is 1.35 bits per heavy atom. The summed E-state index contributed by atoms with van der Waals surface area (Å²) in [6.45, 7) is 2.19. The summed E-state index contributed by atoms with van der Waals surface area (Å²) in [7, 11) is 0. The predicted molar refractivity (Wildman–Crippen MR) is 65.1 cm³/mol. The lowest BCUT2D eigenvalue weighted by Crippen LogP contribution is -2.43. The summed E-state index contributed by atoms with van der Waals surface area (Å²) in [5.74, 6) is -3.70. The molecule has 116 valence electrons. The quantitative estimate of drug-likeness (QED) is 0.190. The molecule has 0 radical (unpaired) electrons. The molecule has 0 bridgehead atoms. The van der Waals surface area contributed by atoms with Crippen LogP contribution >= 0.6 is 0 Å². The molecule has 0 saturated carbocycles. The zero-order valence-corrected chi connectivity index (χ0v) is 10.6. The first-order valence-electron chi connectivity index (χ1n) is 5.43. The van der Waals surface area contributed by atoms with Crippen molar-refractivity contribution in [2.24, 2.45) is 0 Å². The number of aliphatic carboxylic acids is 3. The molecule has 0 fully saturated rings. The molecule has 0 amide bonds. The number of aliphatic hydroxyl groups is 1. The van der Waals surface area contributed by atoms with E-state index in [-0.39, 0.29) is 13.1 Å². The molecule has 0 aliphatic carbocycles. The number of hydrogen-bond acceptors (Lipinski definition) is 7. The number of carboxylic acid groups (broad SMARTS) is 3. The van der Waals surface area contributed by atoms with Gasteiger partial charge in [0.15, 0.2) is 0 Å². The Bertz CT molecular complexity index is 322. The Hall–Kier alpha value is -2.04. The van der Waals surface area contributed by atoms with Crippen LogP contribution in [-0.4, -0.2) is 70.5 Å². The number of carboxylic acids is 3. The molecule has 2 atom stereocenters. The van der Waals surface area contributed by atoms with Gasteiger partial charge in [0.25, 0.3) is 0 Å². The van der Waals surface area contributed by atoms with E-state index in [4.69, 9.17) is 25.2 Å². The van der Waals surface area contributed by atoms with E-state index in [1.807, 2.05) is 6.79 Å². The maximum Gasteiger partial charge on any atom is 0.321 e. The molecule has 0 aromatic carbocycles. The molecule has 0 aromatic heterocycles. The van der Waals surface area contributed by atoms with E-state index >= 15 is 0 Å². The standard InChI is InChI=1S/C9H16N2O7.CH2O/c12-6(4-8(15)16)11-2-1-10-5(9(17)18)3-7(13)14;1-2/h5-6,10-12H,1-4H2,(H,13,14)(H,15,16)(H,17,18);1H2. The van der Waals surface area contributed by atoms with Crippen LogP contribution in [0.25, 0.3) is 0 Å². The molecule has 20 heavy (non-hydrogen) atoms. The molecule has 0 rings (SSSR count). The van der Waals surface area contributed by atoms with Crippen LogP contribution in [0, 0.1) is 0 Å². The second-order valence-electron chi connectivity index (χ2n) is 3.51. The van der Waals surface area contributed by atoms with E-state index in [1.165, 1.54) is 0 Å². The second-order valence-corrected chi connectivity index (χ2v) is 3.51. The molecule has 10 nitrogen and oxygen atoms in total. The van der Waals surface area contributed by atoms with Crippen LogP contribution in [0.15, 0.2) is 0 Å². The molecule has 0 aliphatic heterocycles. The van der Waals surface area contributed by atoms with Crippen molar-refractivity contribution in [3.05, 3.63) is 0 Å². The van der Waals surface area contributed by atoms with Crippen molar-refractivity contribution in [3.8, 4) is 0 Å². The fraction of sp³-hybridized carbons (Fsp3) is 0.600. The first-order chi connectivity index (χ1) is 9.32. The van der Waals surface area contributed by atoms with Crippen LogP contribution in [0.5, 0.6) is 0 Å². The van der Waals surface area contributed by atoms with Gasteiger partial charge in [-0.15, -0.1) is 0 Å². The molecule has 0 spiro atoms. The van der Waals surface area contributed by atoms with E-state index in [0.29, 0.717) is 0 Å². The third-order valence-electron chi connectivity index (χ3n) is 1.94. The summed E-state index contributed by atoms with van der Waals surface area (Å²) in [6.07, 6.45) is -2.27. The van der Waals surface area contributed by atoms with Crippen molar-refractivity contribution < 1.29 is 39.6 Å². The van der Waals surface area contributed by atoms with Gasteiger partial charge >= 0.3 is 17.9 Å². The molecular weight excluding hydrogens is 276 g/mol. The van der Waals surface area contributed by atoms with Crippen molar-refractivity contribution in [3.63, 3.8) is 0 Å². The zero-order chi connectivity index (χ0) is 16.1. The lowest BCUT2D eigenvalue weighted by molar-refractivity contribution is -0.145. The Morgan fingerprint density at radius 1 is 0.900 bits per heavy atom. The number of aliphatic hydroxyl groups excluding tert-OH is 1. The van der Waals surface area contributed by atoms with Gasteiger partial charge in [0.1, 0.15) is 19.1 Å². The summed E-state index contributed by atoms with van der Waals surface area (Å²) in [4.78, 5) is 39.2. The average molecular weight is 294 g/mol. The van der Waals surface area contributed by atoms with E-state index in [2.05, 4.69) is 10.6 Å². The van der Waals surface area contributed by atoms with Gasteiger partial charge in [0.05, 0.1) is 12.8 Å². The summed E-state index contributed by atoms with van der Waals surface area (Å²) in [5, 5.41) is 39.5. The second kappa shape index (κ2) is 12.0. The molecule has 0 aromatic rings. The van der Waals surface area contributed by atoms with Crippen LogP contribution in [-0.2, 0) is 19.2 Å². The highest BCUT2D eigenvalue weighted by atomic mass is 16.4. The monoisotopic (exact) mass is 294 g/mol. The number of nitrogens with one attached hydrogen (secondary N) is 2. The third-order valence-corrected chi connectivity index (χ3v) is 1.94. The summed E-state index contributed by atoms with van der Waals surface area (Å²) >= 11 is 0. The molecule has 0 saturated heterocycles. The van der Waals surface area contributed by atoms with Gasteiger partial charge in [-0.3, -0.25) is 19.7 Å². The number of carbonyl (C=O) groups excluding carboxylic acids is 1. The molecule has 0 aliphatic rings. The molecule has 10 heteroatoms. The van der Waals surface area contributed by atoms with Gasteiger partial charge in [-0.25, -0.2) is 0 Å². The minimum atomic E-state index is -1.29. The molecular formula is C10H18N2O8. The first-order valence-corrected chi connectivity index (χ1v) is 5.43. The van der Waals surface area contributed by atoms with Crippen molar-refractivity contribution in [2.45, 2.75) is 25.1 Å². The minimum absolute atomic E-state index is 0.0843. The highest BCUT2D eigenvalue weighted by Crippen LogP contribution is 1.92. The largest absolute Gasteiger partial charge is 0.481 e. The Kier molecular flexibility index (Phi) is 12.2. The zero-order valence-electron chi connectivity index (χ0n) is 10.6. The fourth-order valence-electron chi connectivity index (χ4n) is 1.14. The topological polar surface area (TPSA) is 173 Å². The van der Waals surface area contributed by atoms with E-state index in [0.717, 1.165) is 0 Å². The van der Waals surface area contributed by atoms with Gasteiger partial charge in [0.2, 0.25) is 0 Å². The lowest BCUT2D eigenvalue weighted by Gasteiger charge is -2.14. The van der Waals surface area contributed by atoms with Crippen LogP contribution in [0.1, 0.15) is 12.8 Å².